The van der Waals surface area contributed by atoms with Crippen LogP contribution in [-0.2, 0) is 10.0 Å². The molecule has 0 unspecified atom stereocenters. The Morgan fingerprint density at radius 3 is 2.40 bits per heavy atom. The van der Waals surface area contributed by atoms with E-state index in [0.29, 0.717) is 0 Å². The summed E-state index contributed by atoms with van der Waals surface area (Å²) in [5.41, 5.74) is -0.0264. The van der Waals surface area contributed by atoms with Crippen molar-refractivity contribution in [2.45, 2.75) is 4.90 Å². The highest BCUT2D eigenvalue weighted by Gasteiger charge is 2.45. The van der Waals surface area contributed by atoms with Gasteiger partial charge in [0.1, 0.15) is 10.8 Å². The summed E-state index contributed by atoms with van der Waals surface area (Å²) in [5.74, 6) is 0. The van der Waals surface area contributed by atoms with Crippen molar-refractivity contribution < 1.29 is 16.2 Å². The van der Waals surface area contributed by atoms with E-state index in [1.165, 1.54) is 18.2 Å². The molecule has 4 nitrogen and oxygen atoms in total. The molecule has 0 radical (unpaired) electrons. The molecule has 1 aliphatic rings. The van der Waals surface area contributed by atoms with E-state index in [0.717, 1.165) is 6.07 Å². The molecule has 0 bridgehead atoms. The van der Waals surface area contributed by atoms with E-state index >= 15 is 0 Å². The molecule has 1 aliphatic heterocycles. The van der Waals surface area contributed by atoms with Gasteiger partial charge in [0.15, 0.2) is 0 Å². The van der Waals surface area contributed by atoms with Gasteiger partial charge in [0.25, 0.3) is 10.0 Å². The standard InChI is InChI=1S/C7H6F2N2O2S2/c8-14(9)6-4-2-1-3-5(6)11-7(14)15(10,12)13/h1-4H,(H2,10,12,13). The van der Waals surface area contributed by atoms with Crippen molar-refractivity contribution in [3.05, 3.63) is 24.3 Å². The van der Waals surface area contributed by atoms with Crippen molar-refractivity contribution in [1.82, 2.24) is 0 Å². The minimum Gasteiger partial charge on any atom is -0.225 e. The first-order valence-corrected chi connectivity index (χ1v) is 6.74. The van der Waals surface area contributed by atoms with Crippen molar-refractivity contribution in [3.63, 3.8) is 0 Å². The molecule has 1 aromatic rings. The molecular weight excluding hydrogens is 246 g/mol. The highest BCUT2D eigenvalue weighted by atomic mass is 32.3. The normalized spacial score (nSPS) is 20.6. The van der Waals surface area contributed by atoms with Crippen LogP contribution in [0.15, 0.2) is 34.2 Å². The molecule has 0 fully saturated rings. The van der Waals surface area contributed by atoms with Gasteiger partial charge in [-0.2, -0.15) is 0 Å². The van der Waals surface area contributed by atoms with Gasteiger partial charge in [-0.25, -0.2) is 18.5 Å². The zero-order chi connectivity index (χ0) is 11.3. The summed E-state index contributed by atoms with van der Waals surface area (Å²) in [6.07, 6.45) is 0. The van der Waals surface area contributed by atoms with Crippen LogP contribution < -0.4 is 5.14 Å². The van der Waals surface area contributed by atoms with Gasteiger partial charge >= 0.3 is 0 Å². The molecule has 0 amide bonds. The van der Waals surface area contributed by atoms with Crippen LogP contribution in [0.4, 0.5) is 13.5 Å². The number of para-hydroxylation sites is 1. The Morgan fingerprint density at radius 2 is 1.87 bits per heavy atom. The van der Waals surface area contributed by atoms with E-state index in [9.17, 15) is 16.2 Å². The molecule has 82 valence electrons. The Kier molecular flexibility index (Phi) is 2.11. The molecule has 15 heavy (non-hydrogen) atoms. The lowest BCUT2D eigenvalue weighted by Gasteiger charge is -2.15. The fourth-order valence-corrected chi connectivity index (χ4v) is 3.91. The lowest BCUT2D eigenvalue weighted by molar-refractivity contribution is 0.609. The van der Waals surface area contributed by atoms with E-state index in [2.05, 4.69) is 10.1 Å². The number of rotatable bonds is 0. The van der Waals surface area contributed by atoms with Crippen molar-refractivity contribution in [1.29, 1.82) is 0 Å². The maximum Gasteiger partial charge on any atom is 0.265 e. The fourth-order valence-electron chi connectivity index (χ4n) is 1.23. The van der Waals surface area contributed by atoms with E-state index in [-0.39, 0.29) is 10.6 Å². The molecule has 0 aromatic heterocycles. The number of nitrogens with two attached hydrogens (primary N) is 1. The molecule has 0 atom stereocenters. The van der Waals surface area contributed by atoms with Crippen LogP contribution >= 0.6 is 10.8 Å². The Bertz CT molecular complexity index is 554. The summed E-state index contributed by atoms with van der Waals surface area (Å²) >= 11 is 0. The molecule has 1 heterocycles. The Balaban J connectivity index is 2.69. The summed E-state index contributed by atoms with van der Waals surface area (Å²) in [5, 5.41) is 4.68. The van der Waals surface area contributed by atoms with Crippen LogP contribution in [0.1, 0.15) is 0 Å². The number of primary sulfonamides is 1. The smallest absolute Gasteiger partial charge is 0.225 e. The zero-order valence-corrected chi connectivity index (χ0v) is 8.86. The van der Waals surface area contributed by atoms with E-state index < -0.39 is 25.2 Å². The second kappa shape index (κ2) is 3.00. The number of aliphatic imine (C=N–C) groups is 1. The van der Waals surface area contributed by atoms with Gasteiger partial charge in [-0.15, -0.1) is 7.77 Å². The van der Waals surface area contributed by atoms with Crippen LogP contribution in [0.5, 0.6) is 0 Å². The predicted molar refractivity (Wildman–Crippen MR) is 54.7 cm³/mol. The summed E-state index contributed by atoms with van der Waals surface area (Å²) < 4.78 is 47.8. The average Bonchev–Trinajstić information content (AvgIpc) is 2.39. The second-order valence-corrected chi connectivity index (χ2v) is 6.36. The number of benzene rings is 1. The molecule has 0 saturated carbocycles. The quantitative estimate of drug-likeness (QED) is 0.716. The molecule has 2 rings (SSSR count). The summed E-state index contributed by atoms with van der Waals surface area (Å²) in [7, 11) is -9.01. The van der Waals surface area contributed by atoms with Gasteiger partial charge in [0, 0.05) is 0 Å². The van der Waals surface area contributed by atoms with Crippen LogP contribution in [0, 0.1) is 0 Å². The highest BCUT2D eigenvalue weighted by molar-refractivity contribution is 8.50. The van der Waals surface area contributed by atoms with Crippen molar-refractivity contribution in [3.8, 4) is 0 Å². The van der Waals surface area contributed by atoms with E-state index in [1.807, 2.05) is 0 Å². The van der Waals surface area contributed by atoms with E-state index in [4.69, 9.17) is 0 Å². The highest BCUT2D eigenvalue weighted by Crippen LogP contribution is 2.67. The van der Waals surface area contributed by atoms with Gasteiger partial charge in [0.2, 0.25) is 4.38 Å². The van der Waals surface area contributed by atoms with Gasteiger partial charge in [-0.1, -0.05) is 12.1 Å². The molecule has 0 saturated heterocycles. The predicted octanol–water partition coefficient (Wildman–Crippen LogP) is 1.91. The van der Waals surface area contributed by atoms with Crippen molar-refractivity contribution >= 4 is 30.9 Å². The number of fused-ring (bicyclic) bond motifs is 1. The largest absolute Gasteiger partial charge is 0.265 e. The van der Waals surface area contributed by atoms with Crippen LogP contribution in [0.2, 0.25) is 0 Å². The summed E-state index contributed by atoms with van der Waals surface area (Å²) in [6, 6.07) is 5.39. The topological polar surface area (TPSA) is 72.5 Å². The zero-order valence-electron chi connectivity index (χ0n) is 7.22. The minimum absolute atomic E-state index is 0.0264. The number of halogens is 2. The fraction of sp³-hybridized carbons (Fsp3) is 0. The number of hydrogen-bond donors (Lipinski definition) is 1. The van der Waals surface area contributed by atoms with Crippen LogP contribution in [0.25, 0.3) is 0 Å². The lowest BCUT2D eigenvalue weighted by Crippen LogP contribution is -2.23. The monoisotopic (exact) mass is 252 g/mol. The van der Waals surface area contributed by atoms with Crippen molar-refractivity contribution in [2.75, 3.05) is 0 Å². The Morgan fingerprint density at radius 1 is 1.27 bits per heavy atom. The van der Waals surface area contributed by atoms with Gasteiger partial charge in [0.05, 0.1) is 10.6 Å². The molecule has 8 heteroatoms. The van der Waals surface area contributed by atoms with Gasteiger partial charge in [-0.3, -0.25) is 0 Å². The minimum atomic E-state index is -4.57. The second-order valence-electron chi connectivity index (χ2n) is 2.86. The van der Waals surface area contributed by atoms with Gasteiger partial charge < -0.3 is 0 Å². The molecule has 1 aromatic carbocycles. The molecule has 2 N–H and O–H groups in total. The average molecular weight is 252 g/mol. The number of sulfonamides is 1. The van der Waals surface area contributed by atoms with Crippen molar-refractivity contribution in [2.24, 2.45) is 10.1 Å². The summed E-state index contributed by atoms with van der Waals surface area (Å²) in [6.45, 7) is 0. The van der Waals surface area contributed by atoms with Crippen LogP contribution in [-0.4, -0.2) is 12.8 Å². The summed E-state index contributed by atoms with van der Waals surface area (Å²) in [4.78, 5) is 3.01. The molecule has 0 aliphatic carbocycles. The Labute approximate surface area is 86.8 Å². The maximum atomic E-state index is 13.6. The first-order valence-electron chi connectivity index (χ1n) is 3.76. The third-order valence-electron chi connectivity index (χ3n) is 1.82. The van der Waals surface area contributed by atoms with E-state index in [1.54, 1.807) is 0 Å². The third-order valence-corrected chi connectivity index (χ3v) is 5.15. The number of hydrogen-bond acceptors (Lipinski definition) is 3. The molecule has 0 spiro atoms. The molecular formula is C7H6F2N2O2S2. The van der Waals surface area contributed by atoms with Crippen LogP contribution in [0.3, 0.4) is 0 Å². The SMILES string of the molecule is NS(=O)(=O)C1=Nc2ccccc2S1(F)F. The third kappa shape index (κ3) is 1.54. The first-order chi connectivity index (χ1) is 6.83. The Hall–Kier alpha value is -0.990. The first kappa shape index (κ1) is 10.5. The maximum absolute atomic E-state index is 13.6. The number of nitrogens with zero attached hydrogens (tertiary/aromatic N) is 1. The lowest BCUT2D eigenvalue weighted by atomic mass is 10.3. The van der Waals surface area contributed by atoms with Gasteiger partial charge in [-0.05, 0) is 12.1 Å².